The zero-order chi connectivity index (χ0) is 19.4. The molecule has 2 aromatic carbocycles. The van der Waals surface area contributed by atoms with Crippen LogP contribution in [-0.4, -0.2) is 18.3 Å². The maximum atomic E-state index is 6.50. The second kappa shape index (κ2) is 6.23. The van der Waals surface area contributed by atoms with E-state index in [1.54, 1.807) is 6.26 Å². The summed E-state index contributed by atoms with van der Waals surface area (Å²) in [6.07, 6.45) is 1.72. The number of hydrogen-bond donors (Lipinski definition) is 0. The van der Waals surface area contributed by atoms with Gasteiger partial charge in [-0.05, 0) is 69.2 Å². The zero-order valence-corrected chi connectivity index (χ0v) is 18.0. The van der Waals surface area contributed by atoms with Crippen LogP contribution < -0.4 is 0 Å². The second-order valence-corrected chi connectivity index (χ2v) is 9.39. The van der Waals surface area contributed by atoms with Crippen molar-refractivity contribution < 1.29 is 13.7 Å². The first-order chi connectivity index (χ1) is 12.6. The fourth-order valence-electron chi connectivity index (χ4n) is 3.60. The minimum atomic E-state index is -0.475. The Balaban J connectivity index is 1.89. The molecular weight excluding hydrogens is 403 g/mol. The SMILES string of the molecule is CC1(C)OB([C@@](C)(c2ccc(Br)cc2)c2ccc3occc3c2)OC1(C)C. The molecule has 140 valence electrons. The Bertz CT molecular complexity index is 961. The molecule has 0 aliphatic carbocycles. The first-order valence-electron chi connectivity index (χ1n) is 9.23. The van der Waals surface area contributed by atoms with Gasteiger partial charge in [-0.3, -0.25) is 0 Å². The van der Waals surface area contributed by atoms with E-state index in [2.05, 4.69) is 86.9 Å². The summed E-state index contributed by atoms with van der Waals surface area (Å²) in [7, 11) is -0.409. The van der Waals surface area contributed by atoms with Gasteiger partial charge in [0.1, 0.15) is 5.58 Å². The van der Waals surface area contributed by atoms with Gasteiger partial charge in [0.2, 0.25) is 0 Å². The summed E-state index contributed by atoms with van der Waals surface area (Å²) in [6.45, 7) is 10.6. The van der Waals surface area contributed by atoms with Crippen LogP contribution in [0.2, 0.25) is 0 Å². The van der Waals surface area contributed by atoms with Gasteiger partial charge in [0.25, 0.3) is 0 Å². The van der Waals surface area contributed by atoms with Gasteiger partial charge in [0, 0.05) is 9.86 Å². The Kier molecular flexibility index (Phi) is 4.34. The standard InChI is InChI=1S/C22H24BBrO3/c1-20(2)21(3,4)27-23(26-20)22(5,16-6-9-18(24)10-7-16)17-8-11-19-15(14-17)12-13-25-19/h6-14H,1-5H3/t22-/m0/s1. The van der Waals surface area contributed by atoms with E-state index < -0.39 is 23.6 Å². The van der Waals surface area contributed by atoms with Crippen molar-refractivity contribution in [3.8, 4) is 0 Å². The molecule has 0 spiro atoms. The highest BCUT2D eigenvalue weighted by Gasteiger charge is 2.59. The van der Waals surface area contributed by atoms with Crippen LogP contribution in [-0.2, 0) is 14.6 Å². The first kappa shape index (κ1) is 18.8. The zero-order valence-electron chi connectivity index (χ0n) is 16.4. The molecule has 1 saturated heterocycles. The van der Waals surface area contributed by atoms with Crippen molar-refractivity contribution in [2.45, 2.75) is 51.1 Å². The van der Waals surface area contributed by atoms with Crippen LogP contribution in [0.15, 0.2) is 63.7 Å². The number of hydrogen-bond acceptors (Lipinski definition) is 3. The average Bonchev–Trinajstić information content (AvgIpc) is 3.16. The lowest BCUT2D eigenvalue weighted by Crippen LogP contribution is -2.44. The third-order valence-electron chi connectivity index (χ3n) is 6.22. The van der Waals surface area contributed by atoms with Crippen LogP contribution in [0.1, 0.15) is 45.7 Å². The molecule has 1 atom stereocenters. The Hall–Kier alpha value is -1.56. The number of halogens is 1. The largest absolute Gasteiger partial charge is 0.473 e. The molecule has 0 saturated carbocycles. The summed E-state index contributed by atoms with van der Waals surface area (Å²) in [5.41, 5.74) is 2.37. The monoisotopic (exact) mass is 426 g/mol. The molecular formula is C22H24BBrO3. The fraction of sp³-hybridized carbons (Fsp3) is 0.364. The molecule has 1 aliphatic rings. The maximum absolute atomic E-state index is 6.50. The molecule has 4 rings (SSSR count). The lowest BCUT2D eigenvalue weighted by Gasteiger charge is -2.33. The highest BCUT2D eigenvalue weighted by Crippen LogP contribution is 2.46. The predicted molar refractivity (Wildman–Crippen MR) is 113 cm³/mol. The van der Waals surface area contributed by atoms with Gasteiger partial charge >= 0.3 is 7.12 Å². The summed E-state index contributed by atoms with van der Waals surface area (Å²) >= 11 is 3.54. The van der Waals surface area contributed by atoms with Crippen LogP contribution in [0.3, 0.4) is 0 Å². The molecule has 0 amide bonds. The van der Waals surface area contributed by atoms with Crippen LogP contribution >= 0.6 is 15.9 Å². The van der Waals surface area contributed by atoms with E-state index in [-0.39, 0.29) is 0 Å². The normalized spacial score (nSPS) is 20.7. The molecule has 1 fully saturated rings. The second-order valence-electron chi connectivity index (χ2n) is 8.47. The van der Waals surface area contributed by atoms with Crippen molar-refractivity contribution in [1.82, 2.24) is 0 Å². The minimum Gasteiger partial charge on any atom is -0.464 e. The van der Waals surface area contributed by atoms with Crippen LogP contribution in [0, 0.1) is 0 Å². The highest BCUT2D eigenvalue weighted by atomic mass is 79.9. The Morgan fingerprint density at radius 1 is 0.852 bits per heavy atom. The first-order valence-corrected chi connectivity index (χ1v) is 10.0. The van der Waals surface area contributed by atoms with Gasteiger partial charge in [0.05, 0.1) is 22.8 Å². The lowest BCUT2D eigenvalue weighted by molar-refractivity contribution is 0.00578. The number of furan rings is 1. The Labute approximate surface area is 169 Å². The molecule has 1 aliphatic heterocycles. The van der Waals surface area contributed by atoms with Crippen molar-refractivity contribution in [1.29, 1.82) is 0 Å². The quantitative estimate of drug-likeness (QED) is 0.472. The summed E-state index contributed by atoms with van der Waals surface area (Å²) in [4.78, 5) is 0. The van der Waals surface area contributed by atoms with Crippen LogP contribution in [0.25, 0.3) is 11.0 Å². The molecule has 0 N–H and O–H groups in total. The van der Waals surface area contributed by atoms with Gasteiger partial charge in [-0.15, -0.1) is 0 Å². The van der Waals surface area contributed by atoms with Gasteiger partial charge in [-0.2, -0.15) is 0 Å². The van der Waals surface area contributed by atoms with Crippen molar-refractivity contribution in [3.63, 3.8) is 0 Å². The maximum Gasteiger partial charge on any atom is 0.473 e. The molecule has 1 aromatic heterocycles. The highest BCUT2D eigenvalue weighted by molar-refractivity contribution is 9.10. The van der Waals surface area contributed by atoms with Crippen molar-refractivity contribution >= 4 is 34.0 Å². The van der Waals surface area contributed by atoms with Gasteiger partial charge in [-0.1, -0.05) is 41.1 Å². The molecule has 0 radical (unpaired) electrons. The Morgan fingerprint density at radius 3 is 2.07 bits per heavy atom. The summed E-state index contributed by atoms with van der Waals surface area (Å²) < 4.78 is 19.6. The minimum absolute atomic E-state index is 0.395. The van der Waals surface area contributed by atoms with E-state index in [1.165, 1.54) is 0 Å². The average molecular weight is 427 g/mol. The van der Waals surface area contributed by atoms with E-state index in [0.29, 0.717) is 0 Å². The molecule has 3 nitrogen and oxygen atoms in total. The Morgan fingerprint density at radius 2 is 1.44 bits per heavy atom. The predicted octanol–water partition coefficient (Wildman–Crippen LogP) is 6.13. The number of fused-ring (bicyclic) bond motifs is 1. The summed E-state index contributed by atoms with van der Waals surface area (Å²) in [5.74, 6) is 0. The van der Waals surface area contributed by atoms with E-state index in [0.717, 1.165) is 26.6 Å². The van der Waals surface area contributed by atoms with Crippen LogP contribution in [0.4, 0.5) is 0 Å². The van der Waals surface area contributed by atoms with Gasteiger partial charge in [0.15, 0.2) is 0 Å². The topological polar surface area (TPSA) is 31.6 Å². The van der Waals surface area contributed by atoms with E-state index in [9.17, 15) is 0 Å². The van der Waals surface area contributed by atoms with Crippen LogP contribution in [0.5, 0.6) is 0 Å². The van der Waals surface area contributed by atoms with Gasteiger partial charge in [-0.25, -0.2) is 0 Å². The molecule has 2 heterocycles. The van der Waals surface area contributed by atoms with Crippen molar-refractivity contribution in [2.75, 3.05) is 0 Å². The van der Waals surface area contributed by atoms with E-state index >= 15 is 0 Å². The van der Waals surface area contributed by atoms with Crippen molar-refractivity contribution in [2.24, 2.45) is 0 Å². The number of rotatable bonds is 3. The lowest BCUT2D eigenvalue weighted by atomic mass is 9.52. The molecule has 3 aromatic rings. The van der Waals surface area contributed by atoms with Gasteiger partial charge < -0.3 is 13.7 Å². The summed E-state index contributed by atoms with van der Waals surface area (Å²) in [5, 5.41) is 0.601. The smallest absolute Gasteiger partial charge is 0.464 e. The number of benzene rings is 2. The molecule has 0 unspecified atom stereocenters. The third kappa shape index (κ3) is 2.97. The fourth-order valence-corrected chi connectivity index (χ4v) is 3.87. The molecule has 27 heavy (non-hydrogen) atoms. The third-order valence-corrected chi connectivity index (χ3v) is 6.75. The molecule has 0 bridgehead atoms. The molecule has 5 heteroatoms. The summed E-state index contributed by atoms with van der Waals surface area (Å²) in [6, 6.07) is 16.7. The van der Waals surface area contributed by atoms with E-state index in [1.807, 2.05) is 12.1 Å². The van der Waals surface area contributed by atoms with Crippen molar-refractivity contribution in [3.05, 3.63) is 70.4 Å². The van der Waals surface area contributed by atoms with E-state index in [4.69, 9.17) is 13.7 Å².